The normalized spacial score (nSPS) is 14.6. The fourth-order valence-electron chi connectivity index (χ4n) is 5.14. The van der Waals surface area contributed by atoms with Crippen LogP contribution >= 0.6 is 0 Å². The zero-order valence-electron chi connectivity index (χ0n) is 26.8. The summed E-state index contributed by atoms with van der Waals surface area (Å²) in [4.78, 5) is 40.9. The largest absolute Gasteiger partial charge is 0.489 e. The summed E-state index contributed by atoms with van der Waals surface area (Å²) in [5.74, 6) is -0.998. The quantitative estimate of drug-likeness (QED) is 0.283. The number of hydrogen-bond donors (Lipinski definition) is 3. The number of para-hydroxylation sites is 1. The molecule has 8 heteroatoms. The maximum Gasteiger partial charge on any atom is 0.331 e. The lowest BCUT2D eigenvalue weighted by atomic mass is 9.76. The zero-order valence-corrected chi connectivity index (χ0v) is 26.8. The molecule has 42 heavy (non-hydrogen) atoms. The zero-order chi connectivity index (χ0) is 31.8. The molecule has 2 aromatic carbocycles. The Morgan fingerprint density at radius 3 is 2.05 bits per heavy atom. The van der Waals surface area contributed by atoms with Gasteiger partial charge in [0.15, 0.2) is 0 Å². The molecule has 0 heterocycles. The number of carbonyl (C=O) groups is 3. The van der Waals surface area contributed by atoms with Crippen LogP contribution in [0.15, 0.2) is 66.2 Å². The number of carbonyl (C=O) groups excluding carboxylic acids is 2. The van der Waals surface area contributed by atoms with Gasteiger partial charge in [0, 0.05) is 23.6 Å². The number of amides is 2. The van der Waals surface area contributed by atoms with Crippen molar-refractivity contribution in [3.05, 3.63) is 77.4 Å². The smallest absolute Gasteiger partial charge is 0.331 e. The minimum Gasteiger partial charge on any atom is -0.489 e. The Kier molecular flexibility index (Phi) is 11.9. The number of aliphatic carboxylic acids is 1. The monoisotopic (exact) mass is 579 g/mol. The van der Waals surface area contributed by atoms with Gasteiger partial charge in [-0.1, -0.05) is 103 Å². The van der Waals surface area contributed by atoms with Crippen molar-refractivity contribution in [1.82, 2.24) is 15.5 Å². The van der Waals surface area contributed by atoms with Crippen molar-refractivity contribution in [2.75, 3.05) is 14.1 Å². The molecule has 1 unspecified atom stereocenters. The summed E-state index contributed by atoms with van der Waals surface area (Å²) in [6.45, 7) is 15.4. The van der Waals surface area contributed by atoms with Crippen LogP contribution in [-0.4, -0.2) is 60.0 Å². The molecule has 0 saturated carbocycles. The summed E-state index contributed by atoms with van der Waals surface area (Å²) in [5.41, 5.74) is 0.727. The van der Waals surface area contributed by atoms with Gasteiger partial charge >= 0.3 is 5.97 Å². The maximum atomic E-state index is 14.0. The Balaban J connectivity index is 2.37. The molecular formula is C34H49N3O5. The number of benzene rings is 2. The first kappa shape index (κ1) is 34.6. The highest BCUT2D eigenvalue weighted by atomic mass is 16.5. The van der Waals surface area contributed by atoms with Crippen LogP contribution in [0.4, 0.5) is 0 Å². The van der Waals surface area contributed by atoms with Crippen LogP contribution in [0.25, 0.3) is 0 Å². The minimum atomic E-state index is -1.03. The van der Waals surface area contributed by atoms with E-state index in [-0.39, 0.29) is 23.3 Å². The molecule has 0 aliphatic heterocycles. The second-order valence-electron chi connectivity index (χ2n) is 12.9. The molecule has 0 radical (unpaired) electrons. The van der Waals surface area contributed by atoms with E-state index in [0.29, 0.717) is 12.4 Å². The van der Waals surface area contributed by atoms with E-state index >= 15 is 0 Å². The molecule has 0 bridgehead atoms. The van der Waals surface area contributed by atoms with Crippen molar-refractivity contribution in [1.29, 1.82) is 0 Å². The molecule has 0 saturated heterocycles. The highest BCUT2D eigenvalue weighted by Gasteiger charge is 2.42. The van der Waals surface area contributed by atoms with E-state index in [1.165, 1.54) is 6.92 Å². The van der Waals surface area contributed by atoms with Gasteiger partial charge in [-0.05, 0) is 36.9 Å². The van der Waals surface area contributed by atoms with Gasteiger partial charge in [-0.2, -0.15) is 0 Å². The number of hydrogen-bond acceptors (Lipinski definition) is 5. The average Bonchev–Trinajstić information content (AvgIpc) is 2.92. The van der Waals surface area contributed by atoms with Crippen LogP contribution in [0.1, 0.15) is 66.5 Å². The summed E-state index contributed by atoms with van der Waals surface area (Å²) in [5, 5.41) is 15.6. The van der Waals surface area contributed by atoms with Gasteiger partial charge in [-0.3, -0.25) is 9.59 Å². The number of nitrogens with zero attached hydrogens (tertiary/aromatic N) is 1. The summed E-state index contributed by atoms with van der Waals surface area (Å²) in [6, 6.07) is 15.6. The number of rotatable bonds is 13. The van der Waals surface area contributed by atoms with Crippen LogP contribution in [0.3, 0.4) is 0 Å². The van der Waals surface area contributed by atoms with E-state index in [4.69, 9.17) is 4.74 Å². The van der Waals surface area contributed by atoms with Crippen LogP contribution < -0.4 is 15.4 Å². The number of carboxylic acid groups (broad SMARTS) is 1. The number of ether oxygens (including phenoxy) is 1. The highest BCUT2D eigenvalue weighted by molar-refractivity contribution is 5.91. The van der Waals surface area contributed by atoms with Crippen LogP contribution in [0, 0.1) is 11.3 Å². The third-order valence-corrected chi connectivity index (χ3v) is 7.73. The van der Waals surface area contributed by atoms with Gasteiger partial charge in [-0.15, -0.1) is 0 Å². The first-order valence-corrected chi connectivity index (χ1v) is 14.4. The number of nitrogens with one attached hydrogen (secondary N) is 2. The molecule has 3 atom stereocenters. The lowest BCUT2D eigenvalue weighted by Crippen LogP contribution is -2.61. The van der Waals surface area contributed by atoms with Crippen molar-refractivity contribution in [2.45, 2.75) is 85.5 Å². The van der Waals surface area contributed by atoms with Crippen molar-refractivity contribution in [3.63, 3.8) is 0 Å². The van der Waals surface area contributed by atoms with Crippen LogP contribution in [0.2, 0.25) is 0 Å². The molecular weight excluding hydrogens is 530 g/mol. The Morgan fingerprint density at radius 1 is 0.952 bits per heavy atom. The molecule has 8 nitrogen and oxygen atoms in total. The summed E-state index contributed by atoms with van der Waals surface area (Å²) >= 11 is 0. The standard InChI is InChI=1S/C34H49N3O5/c1-22(2)26(20-23(3)32(40)41)37(10)31(39)29(33(4,5)6)36-30(38)28(35-9)34(7,8)25-18-14-15-19-27(25)42-21-24-16-12-11-13-17-24/h11-20,22,26,28-29,35H,21H2,1-10H3,(H,36,38)(H,40,41)/b23-20+/t26-,28-,29?/m1/s1. The minimum absolute atomic E-state index is 0.0408. The Bertz CT molecular complexity index is 1250. The predicted molar refractivity (Wildman–Crippen MR) is 167 cm³/mol. The predicted octanol–water partition coefficient (Wildman–Crippen LogP) is 5.18. The third kappa shape index (κ3) is 8.68. The summed E-state index contributed by atoms with van der Waals surface area (Å²) < 4.78 is 6.22. The van der Waals surface area contributed by atoms with Crippen molar-refractivity contribution < 1.29 is 24.2 Å². The van der Waals surface area contributed by atoms with E-state index in [9.17, 15) is 19.5 Å². The maximum absolute atomic E-state index is 14.0. The molecule has 2 rings (SSSR count). The Hall–Kier alpha value is -3.65. The van der Waals surface area contributed by atoms with E-state index < -0.39 is 34.9 Å². The molecule has 3 N–H and O–H groups in total. The molecule has 2 amide bonds. The average molecular weight is 580 g/mol. The first-order valence-electron chi connectivity index (χ1n) is 14.4. The lowest BCUT2D eigenvalue weighted by Gasteiger charge is -2.40. The highest BCUT2D eigenvalue weighted by Crippen LogP contribution is 2.35. The van der Waals surface area contributed by atoms with Crippen molar-refractivity contribution in [2.24, 2.45) is 11.3 Å². The Morgan fingerprint density at radius 2 is 1.52 bits per heavy atom. The Labute approximate surface area is 251 Å². The second kappa shape index (κ2) is 14.5. The van der Waals surface area contributed by atoms with E-state index in [1.54, 1.807) is 25.1 Å². The van der Waals surface area contributed by atoms with E-state index in [1.807, 2.05) is 103 Å². The number of carboxylic acids is 1. The van der Waals surface area contributed by atoms with Crippen molar-refractivity contribution >= 4 is 17.8 Å². The van der Waals surface area contributed by atoms with Gasteiger partial charge in [0.1, 0.15) is 18.4 Å². The summed E-state index contributed by atoms with van der Waals surface area (Å²) in [7, 11) is 3.39. The SMILES string of the molecule is CN[C@H](C(=O)NC(C(=O)N(C)[C@H](/C=C(\C)C(=O)O)C(C)C)C(C)(C)C)C(C)(C)c1ccccc1OCc1ccccc1. The fourth-order valence-corrected chi connectivity index (χ4v) is 5.14. The molecule has 230 valence electrons. The van der Waals surface area contributed by atoms with Gasteiger partial charge in [0.05, 0.1) is 12.1 Å². The van der Waals surface area contributed by atoms with Crippen LogP contribution in [0.5, 0.6) is 5.75 Å². The molecule has 0 fully saturated rings. The van der Waals surface area contributed by atoms with E-state index in [0.717, 1.165) is 11.1 Å². The molecule has 0 spiro atoms. The topological polar surface area (TPSA) is 108 Å². The first-order chi connectivity index (χ1) is 19.5. The molecule has 0 aromatic heterocycles. The summed E-state index contributed by atoms with van der Waals surface area (Å²) in [6.07, 6.45) is 1.60. The lowest BCUT2D eigenvalue weighted by molar-refractivity contribution is -0.141. The molecule has 2 aromatic rings. The third-order valence-electron chi connectivity index (χ3n) is 7.73. The van der Waals surface area contributed by atoms with Crippen molar-refractivity contribution in [3.8, 4) is 5.75 Å². The number of likely N-dealkylation sites (N-methyl/N-ethyl adjacent to an activating group) is 2. The van der Waals surface area contributed by atoms with Gasteiger partial charge in [0.25, 0.3) is 0 Å². The van der Waals surface area contributed by atoms with Gasteiger partial charge in [0.2, 0.25) is 11.8 Å². The van der Waals surface area contributed by atoms with E-state index in [2.05, 4.69) is 10.6 Å². The molecule has 0 aliphatic rings. The fraction of sp³-hybridized carbons (Fsp3) is 0.500. The van der Waals surface area contributed by atoms with Gasteiger partial charge in [-0.25, -0.2) is 4.79 Å². The van der Waals surface area contributed by atoms with Crippen LogP contribution in [-0.2, 0) is 26.4 Å². The molecule has 0 aliphatic carbocycles. The van der Waals surface area contributed by atoms with Gasteiger partial charge < -0.3 is 25.4 Å². The second-order valence-corrected chi connectivity index (χ2v) is 12.9.